The fourth-order valence-electron chi connectivity index (χ4n) is 0.823. The lowest BCUT2D eigenvalue weighted by Gasteiger charge is -2.14. The van der Waals surface area contributed by atoms with Crippen molar-refractivity contribution in [2.45, 2.75) is 13.0 Å². The highest BCUT2D eigenvalue weighted by Crippen LogP contribution is 2.22. The second kappa shape index (κ2) is 2.49. The number of carbonyl (C=O) groups excluding carboxylic acids is 2. The summed E-state index contributed by atoms with van der Waals surface area (Å²) in [7, 11) is 0. The summed E-state index contributed by atoms with van der Waals surface area (Å²) in [6.07, 6.45) is 0. The minimum atomic E-state index is -0.650. The molecule has 0 aliphatic carbocycles. The van der Waals surface area contributed by atoms with E-state index in [1.165, 1.54) is 0 Å². The van der Waals surface area contributed by atoms with Crippen LogP contribution in [0.3, 0.4) is 0 Å². The number of primary amides is 1. The van der Waals surface area contributed by atoms with E-state index in [1.807, 2.05) is 0 Å². The van der Waals surface area contributed by atoms with Crippen LogP contribution in [0.15, 0.2) is 0 Å². The van der Waals surface area contributed by atoms with Gasteiger partial charge < -0.3 is 5.73 Å². The Balaban J connectivity index is 2.72. The van der Waals surface area contributed by atoms with Gasteiger partial charge in [-0.25, -0.2) is 4.79 Å². The average molecular weight is 160 g/mol. The second-order valence-corrected chi connectivity index (χ2v) is 3.11. The van der Waals surface area contributed by atoms with Gasteiger partial charge in [0.1, 0.15) is 0 Å². The maximum atomic E-state index is 10.8. The van der Waals surface area contributed by atoms with Gasteiger partial charge >= 0.3 is 6.03 Å². The first-order chi connectivity index (χ1) is 4.63. The van der Waals surface area contributed by atoms with Crippen LogP contribution < -0.4 is 5.73 Å². The topological polar surface area (TPSA) is 63.4 Å². The summed E-state index contributed by atoms with van der Waals surface area (Å²) < 4.78 is 0. The maximum absolute atomic E-state index is 10.8. The number of hydrogen-bond donors (Lipinski definition) is 1. The van der Waals surface area contributed by atoms with Gasteiger partial charge in [-0.05, 0) is 6.92 Å². The van der Waals surface area contributed by atoms with Crippen LogP contribution in [0.4, 0.5) is 9.59 Å². The Bertz CT molecular complexity index is 182. The Hall–Kier alpha value is -0.710. The first kappa shape index (κ1) is 7.40. The van der Waals surface area contributed by atoms with Gasteiger partial charge in [0.15, 0.2) is 0 Å². The van der Waals surface area contributed by atoms with E-state index in [-0.39, 0.29) is 11.3 Å². The lowest BCUT2D eigenvalue weighted by molar-refractivity contribution is 0.200. The van der Waals surface area contributed by atoms with Gasteiger partial charge in [-0.1, -0.05) is 11.8 Å². The molecule has 3 amide bonds. The Morgan fingerprint density at radius 3 is 2.70 bits per heavy atom. The molecule has 0 aromatic heterocycles. The molecule has 4 nitrogen and oxygen atoms in total. The summed E-state index contributed by atoms with van der Waals surface area (Å²) in [5.41, 5.74) is 4.93. The molecule has 1 fully saturated rings. The monoisotopic (exact) mass is 160 g/mol. The summed E-state index contributed by atoms with van der Waals surface area (Å²) in [4.78, 5) is 22.4. The largest absolute Gasteiger partial charge is 0.351 e. The third-order valence-electron chi connectivity index (χ3n) is 1.32. The summed E-state index contributed by atoms with van der Waals surface area (Å²) in [6, 6.07) is -0.697. The summed E-state index contributed by atoms with van der Waals surface area (Å²) >= 11 is 1.13. The molecule has 0 unspecified atom stereocenters. The van der Waals surface area contributed by atoms with Gasteiger partial charge in [0.25, 0.3) is 5.24 Å². The smallest absolute Gasteiger partial charge is 0.322 e. The van der Waals surface area contributed by atoms with Gasteiger partial charge in [0.2, 0.25) is 0 Å². The van der Waals surface area contributed by atoms with Gasteiger partial charge in [-0.2, -0.15) is 0 Å². The van der Waals surface area contributed by atoms with Crippen LogP contribution in [0.2, 0.25) is 0 Å². The highest BCUT2D eigenvalue weighted by Gasteiger charge is 2.31. The fraction of sp³-hybridized carbons (Fsp3) is 0.600. The van der Waals surface area contributed by atoms with Crippen LogP contribution in [0.1, 0.15) is 6.92 Å². The number of thioether (sulfide) groups is 1. The third kappa shape index (κ3) is 1.09. The Kier molecular flexibility index (Phi) is 1.85. The number of rotatable bonds is 0. The molecule has 1 atom stereocenters. The van der Waals surface area contributed by atoms with Crippen molar-refractivity contribution < 1.29 is 9.59 Å². The van der Waals surface area contributed by atoms with Crippen LogP contribution in [-0.2, 0) is 0 Å². The summed E-state index contributed by atoms with van der Waals surface area (Å²) in [5, 5.41) is -0.236. The lowest BCUT2D eigenvalue weighted by Crippen LogP contribution is -2.40. The maximum Gasteiger partial charge on any atom is 0.322 e. The Morgan fingerprint density at radius 2 is 2.50 bits per heavy atom. The van der Waals surface area contributed by atoms with Crippen molar-refractivity contribution in [1.82, 2.24) is 4.90 Å². The second-order valence-electron chi connectivity index (χ2n) is 2.13. The van der Waals surface area contributed by atoms with Crippen molar-refractivity contribution in [1.29, 1.82) is 0 Å². The molecule has 1 heterocycles. The van der Waals surface area contributed by atoms with Gasteiger partial charge in [0, 0.05) is 11.8 Å². The molecular weight excluding hydrogens is 152 g/mol. The van der Waals surface area contributed by atoms with Crippen molar-refractivity contribution in [3.63, 3.8) is 0 Å². The first-order valence-corrected chi connectivity index (χ1v) is 3.87. The highest BCUT2D eigenvalue weighted by molar-refractivity contribution is 8.14. The molecule has 10 heavy (non-hydrogen) atoms. The normalized spacial score (nSPS) is 25.5. The predicted octanol–water partition coefficient (Wildman–Crippen LogP) is 0.622. The Morgan fingerprint density at radius 1 is 1.90 bits per heavy atom. The first-order valence-electron chi connectivity index (χ1n) is 2.88. The van der Waals surface area contributed by atoms with Crippen LogP contribution in [0.5, 0.6) is 0 Å². The van der Waals surface area contributed by atoms with Crippen LogP contribution >= 0.6 is 11.8 Å². The zero-order valence-electron chi connectivity index (χ0n) is 5.53. The van der Waals surface area contributed by atoms with E-state index in [9.17, 15) is 9.59 Å². The van der Waals surface area contributed by atoms with Gasteiger partial charge in [0.05, 0.1) is 0 Å². The van der Waals surface area contributed by atoms with E-state index in [2.05, 4.69) is 0 Å². The molecule has 0 saturated carbocycles. The molecule has 1 rings (SSSR count). The molecule has 0 bridgehead atoms. The molecule has 1 aliphatic rings. The number of amides is 3. The number of imide groups is 1. The zero-order valence-corrected chi connectivity index (χ0v) is 6.35. The molecule has 0 aromatic carbocycles. The van der Waals surface area contributed by atoms with E-state index in [4.69, 9.17) is 5.73 Å². The van der Waals surface area contributed by atoms with E-state index >= 15 is 0 Å². The van der Waals surface area contributed by atoms with Crippen LogP contribution in [0.25, 0.3) is 0 Å². The zero-order chi connectivity index (χ0) is 7.72. The molecular formula is C5H8N2O2S. The summed E-state index contributed by atoms with van der Waals surface area (Å²) in [5.74, 6) is 0.655. The molecule has 5 heteroatoms. The fourth-order valence-corrected chi connectivity index (χ4v) is 1.76. The number of nitrogens with two attached hydrogens (primary N) is 1. The Labute approximate surface area is 62.7 Å². The quantitative estimate of drug-likeness (QED) is 0.565. The van der Waals surface area contributed by atoms with E-state index in [0.717, 1.165) is 16.7 Å². The van der Waals surface area contributed by atoms with Crippen molar-refractivity contribution in [3.05, 3.63) is 0 Å². The van der Waals surface area contributed by atoms with E-state index in [0.29, 0.717) is 5.75 Å². The van der Waals surface area contributed by atoms with Crippen molar-refractivity contribution >= 4 is 23.0 Å². The van der Waals surface area contributed by atoms with Crippen molar-refractivity contribution in [3.8, 4) is 0 Å². The van der Waals surface area contributed by atoms with Gasteiger partial charge in [-0.3, -0.25) is 9.69 Å². The molecule has 0 aromatic rings. The summed E-state index contributed by atoms with van der Waals surface area (Å²) in [6.45, 7) is 1.79. The molecule has 0 spiro atoms. The predicted molar refractivity (Wildman–Crippen MR) is 38.7 cm³/mol. The number of hydrogen-bond acceptors (Lipinski definition) is 3. The molecule has 2 N–H and O–H groups in total. The van der Waals surface area contributed by atoms with Crippen molar-refractivity contribution in [2.24, 2.45) is 5.73 Å². The highest BCUT2D eigenvalue weighted by atomic mass is 32.2. The van der Waals surface area contributed by atoms with E-state index in [1.54, 1.807) is 6.92 Å². The minimum absolute atomic E-state index is 0.0463. The number of carbonyl (C=O) groups is 2. The molecule has 0 radical (unpaired) electrons. The SMILES string of the molecule is C[C@@H]1CSC(=O)N1C(N)=O. The minimum Gasteiger partial charge on any atom is -0.351 e. The van der Waals surface area contributed by atoms with Gasteiger partial charge in [-0.15, -0.1) is 0 Å². The molecule has 1 saturated heterocycles. The number of urea groups is 1. The molecule has 56 valence electrons. The number of nitrogens with zero attached hydrogens (tertiary/aromatic N) is 1. The standard InChI is InChI=1S/C5H8N2O2S/c1-3-2-10-5(9)7(3)4(6)8/h3H,2H2,1H3,(H2,6,8)/t3-/m1/s1. The third-order valence-corrected chi connectivity index (χ3v) is 2.42. The van der Waals surface area contributed by atoms with E-state index < -0.39 is 6.03 Å². The lowest BCUT2D eigenvalue weighted by atomic mass is 10.4. The average Bonchev–Trinajstić information content (AvgIpc) is 2.11. The van der Waals surface area contributed by atoms with Crippen molar-refractivity contribution in [2.75, 3.05) is 5.75 Å². The van der Waals surface area contributed by atoms with Crippen LogP contribution in [0, 0.1) is 0 Å². The van der Waals surface area contributed by atoms with Crippen LogP contribution in [-0.4, -0.2) is 28.0 Å². The molecule has 1 aliphatic heterocycles.